The SMILES string of the molecule is COc1ccc(/C(=C/c2ccc(OC)cc2OCc2ccccc2)C(=O)O)cc1. The summed E-state index contributed by atoms with van der Waals surface area (Å²) in [4.78, 5) is 11.9. The molecular formula is C24H22O5. The van der Waals surface area contributed by atoms with Gasteiger partial charge in [0.25, 0.3) is 0 Å². The molecule has 0 aliphatic rings. The molecule has 148 valence electrons. The van der Waals surface area contributed by atoms with Crippen LogP contribution < -0.4 is 14.2 Å². The number of benzene rings is 3. The predicted molar refractivity (Wildman–Crippen MR) is 112 cm³/mol. The summed E-state index contributed by atoms with van der Waals surface area (Å²) in [7, 11) is 3.14. The van der Waals surface area contributed by atoms with Crippen LogP contribution in [0.1, 0.15) is 16.7 Å². The molecular weight excluding hydrogens is 368 g/mol. The molecule has 5 heteroatoms. The molecule has 0 spiro atoms. The van der Waals surface area contributed by atoms with Crippen LogP contribution >= 0.6 is 0 Å². The normalized spacial score (nSPS) is 11.0. The van der Waals surface area contributed by atoms with Crippen LogP contribution in [-0.4, -0.2) is 25.3 Å². The zero-order valence-electron chi connectivity index (χ0n) is 16.3. The van der Waals surface area contributed by atoms with E-state index in [1.807, 2.05) is 30.3 Å². The Labute approximate surface area is 169 Å². The maximum absolute atomic E-state index is 11.9. The summed E-state index contributed by atoms with van der Waals surface area (Å²) in [6, 6.07) is 22.0. The highest BCUT2D eigenvalue weighted by atomic mass is 16.5. The van der Waals surface area contributed by atoms with Crippen LogP contribution in [0.4, 0.5) is 0 Å². The average molecular weight is 390 g/mol. The van der Waals surface area contributed by atoms with E-state index in [0.29, 0.717) is 35.0 Å². The van der Waals surface area contributed by atoms with E-state index in [1.165, 1.54) is 0 Å². The minimum atomic E-state index is -1.03. The molecule has 0 unspecified atom stereocenters. The second-order valence-corrected chi connectivity index (χ2v) is 6.27. The molecule has 29 heavy (non-hydrogen) atoms. The number of ether oxygens (including phenoxy) is 3. The van der Waals surface area contributed by atoms with Crippen LogP contribution in [0.25, 0.3) is 11.6 Å². The minimum Gasteiger partial charge on any atom is -0.497 e. The van der Waals surface area contributed by atoms with Crippen molar-refractivity contribution in [2.75, 3.05) is 14.2 Å². The van der Waals surface area contributed by atoms with E-state index >= 15 is 0 Å². The fraction of sp³-hybridized carbons (Fsp3) is 0.125. The van der Waals surface area contributed by atoms with E-state index in [2.05, 4.69) is 0 Å². The number of aliphatic carboxylic acids is 1. The van der Waals surface area contributed by atoms with E-state index in [0.717, 1.165) is 5.56 Å². The van der Waals surface area contributed by atoms with Gasteiger partial charge < -0.3 is 19.3 Å². The van der Waals surface area contributed by atoms with E-state index in [4.69, 9.17) is 14.2 Å². The van der Waals surface area contributed by atoms with Gasteiger partial charge in [0.05, 0.1) is 19.8 Å². The van der Waals surface area contributed by atoms with Gasteiger partial charge in [-0.15, -0.1) is 0 Å². The van der Waals surface area contributed by atoms with Gasteiger partial charge in [0.2, 0.25) is 0 Å². The number of hydrogen-bond acceptors (Lipinski definition) is 4. The molecule has 3 aromatic carbocycles. The Bertz CT molecular complexity index is 992. The summed E-state index contributed by atoms with van der Waals surface area (Å²) in [5.41, 5.74) is 2.39. The summed E-state index contributed by atoms with van der Waals surface area (Å²) < 4.78 is 16.4. The first kappa shape index (κ1) is 20.0. The molecule has 0 heterocycles. The molecule has 3 aromatic rings. The summed E-state index contributed by atoms with van der Waals surface area (Å²) in [5, 5.41) is 9.75. The lowest BCUT2D eigenvalue weighted by atomic mass is 10.0. The summed E-state index contributed by atoms with van der Waals surface area (Å²) in [6.45, 7) is 0.361. The van der Waals surface area contributed by atoms with Crippen molar-refractivity contribution in [2.45, 2.75) is 6.61 Å². The van der Waals surface area contributed by atoms with E-state index in [1.54, 1.807) is 62.8 Å². The third-order valence-corrected chi connectivity index (χ3v) is 4.39. The molecule has 3 rings (SSSR count). The van der Waals surface area contributed by atoms with Gasteiger partial charge in [-0.3, -0.25) is 0 Å². The Morgan fingerprint density at radius 1 is 0.897 bits per heavy atom. The molecule has 0 aromatic heterocycles. The third kappa shape index (κ3) is 5.17. The second kappa shape index (κ2) is 9.46. The van der Waals surface area contributed by atoms with Crippen LogP contribution in [0.3, 0.4) is 0 Å². The highest BCUT2D eigenvalue weighted by molar-refractivity contribution is 6.20. The Balaban J connectivity index is 1.96. The van der Waals surface area contributed by atoms with Crippen LogP contribution in [0, 0.1) is 0 Å². The fourth-order valence-corrected chi connectivity index (χ4v) is 2.82. The minimum absolute atomic E-state index is 0.155. The van der Waals surface area contributed by atoms with Crippen molar-refractivity contribution >= 4 is 17.6 Å². The molecule has 0 saturated heterocycles. The summed E-state index contributed by atoms with van der Waals surface area (Å²) in [6.07, 6.45) is 1.60. The highest BCUT2D eigenvalue weighted by Crippen LogP contribution is 2.30. The van der Waals surface area contributed by atoms with Gasteiger partial charge in [-0.25, -0.2) is 4.79 Å². The van der Waals surface area contributed by atoms with E-state index < -0.39 is 5.97 Å². The number of rotatable bonds is 8. The van der Waals surface area contributed by atoms with Crippen molar-refractivity contribution in [3.8, 4) is 17.2 Å². The van der Waals surface area contributed by atoms with Gasteiger partial charge in [0, 0.05) is 11.6 Å². The maximum atomic E-state index is 11.9. The van der Waals surface area contributed by atoms with Gasteiger partial charge in [-0.2, -0.15) is 0 Å². The topological polar surface area (TPSA) is 65.0 Å². The molecule has 0 aliphatic carbocycles. The first-order chi connectivity index (χ1) is 14.1. The molecule has 0 amide bonds. The van der Waals surface area contributed by atoms with Gasteiger partial charge in [-0.05, 0) is 41.5 Å². The predicted octanol–water partition coefficient (Wildman–Crippen LogP) is 4.91. The number of hydrogen-bond donors (Lipinski definition) is 1. The van der Waals surface area contributed by atoms with Crippen molar-refractivity contribution in [1.29, 1.82) is 0 Å². The van der Waals surface area contributed by atoms with E-state index in [9.17, 15) is 9.90 Å². The smallest absolute Gasteiger partial charge is 0.336 e. The number of carboxylic acids is 1. The number of carboxylic acid groups (broad SMARTS) is 1. The van der Waals surface area contributed by atoms with Crippen molar-refractivity contribution in [2.24, 2.45) is 0 Å². The lowest BCUT2D eigenvalue weighted by Crippen LogP contribution is -2.01. The van der Waals surface area contributed by atoms with Crippen LogP contribution in [0.15, 0.2) is 72.8 Å². The van der Waals surface area contributed by atoms with Crippen LogP contribution in [-0.2, 0) is 11.4 Å². The lowest BCUT2D eigenvalue weighted by Gasteiger charge is -2.12. The zero-order valence-corrected chi connectivity index (χ0v) is 16.3. The zero-order chi connectivity index (χ0) is 20.6. The molecule has 0 saturated carbocycles. The molecule has 0 fully saturated rings. The fourth-order valence-electron chi connectivity index (χ4n) is 2.82. The van der Waals surface area contributed by atoms with E-state index in [-0.39, 0.29) is 5.57 Å². The summed E-state index contributed by atoms with van der Waals surface area (Å²) in [5.74, 6) is 0.807. The van der Waals surface area contributed by atoms with Gasteiger partial charge in [0.15, 0.2) is 0 Å². The van der Waals surface area contributed by atoms with Crippen molar-refractivity contribution in [3.63, 3.8) is 0 Å². The van der Waals surface area contributed by atoms with Gasteiger partial charge in [0.1, 0.15) is 23.9 Å². The number of methoxy groups -OCH3 is 2. The van der Waals surface area contributed by atoms with Gasteiger partial charge in [-0.1, -0.05) is 42.5 Å². The Kier molecular flexibility index (Phi) is 6.53. The number of carbonyl (C=O) groups is 1. The monoisotopic (exact) mass is 390 g/mol. The van der Waals surface area contributed by atoms with Crippen molar-refractivity contribution in [3.05, 3.63) is 89.5 Å². The molecule has 0 aliphatic heterocycles. The standard InChI is InChI=1S/C24H22O5/c1-27-20-11-8-18(9-12-20)22(24(25)26)14-19-10-13-21(28-2)15-23(19)29-16-17-6-4-3-5-7-17/h3-15H,16H2,1-2H3,(H,25,26)/b22-14-. The second-order valence-electron chi connectivity index (χ2n) is 6.27. The highest BCUT2D eigenvalue weighted by Gasteiger charge is 2.13. The quantitative estimate of drug-likeness (QED) is 0.437. The lowest BCUT2D eigenvalue weighted by molar-refractivity contribution is -0.130. The average Bonchev–Trinajstić information content (AvgIpc) is 2.77. The summed E-state index contributed by atoms with van der Waals surface area (Å²) >= 11 is 0. The Morgan fingerprint density at radius 3 is 2.17 bits per heavy atom. The molecule has 0 bridgehead atoms. The third-order valence-electron chi connectivity index (χ3n) is 4.39. The van der Waals surface area contributed by atoms with Crippen molar-refractivity contribution < 1.29 is 24.1 Å². The molecule has 1 N–H and O–H groups in total. The molecule has 0 atom stereocenters. The maximum Gasteiger partial charge on any atom is 0.336 e. The molecule has 0 radical (unpaired) electrons. The van der Waals surface area contributed by atoms with Crippen LogP contribution in [0.2, 0.25) is 0 Å². The largest absolute Gasteiger partial charge is 0.497 e. The molecule has 5 nitrogen and oxygen atoms in total. The first-order valence-electron chi connectivity index (χ1n) is 9.05. The van der Waals surface area contributed by atoms with Crippen molar-refractivity contribution in [1.82, 2.24) is 0 Å². The van der Waals surface area contributed by atoms with Gasteiger partial charge >= 0.3 is 5.97 Å². The Morgan fingerprint density at radius 2 is 1.55 bits per heavy atom. The Hall–Kier alpha value is -3.73. The van der Waals surface area contributed by atoms with Crippen LogP contribution in [0.5, 0.6) is 17.2 Å². The first-order valence-corrected chi connectivity index (χ1v) is 9.05.